The van der Waals surface area contributed by atoms with Crippen LogP contribution in [0.4, 0.5) is 4.39 Å². The molecular formula is C21H24FN3O2. The zero-order valence-electron chi connectivity index (χ0n) is 15.9. The van der Waals surface area contributed by atoms with E-state index in [2.05, 4.69) is 18.1 Å². The molecule has 0 unspecified atom stereocenters. The summed E-state index contributed by atoms with van der Waals surface area (Å²) in [7, 11) is 0. The van der Waals surface area contributed by atoms with Gasteiger partial charge in [0, 0.05) is 13.1 Å². The van der Waals surface area contributed by atoms with Gasteiger partial charge in [0.2, 0.25) is 5.91 Å². The van der Waals surface area contributed by atoms with Gasteiger partial charge in [-0.05, 0) is 42.3 Å². The predicted octanol–water partition coefficient (Wildman–Crippen LogP) is 3.88. The second-order valence-electron chi connectivity index (χ2n) is 5.97. The molecule has 1 saturated heterocycles. The first kappa shape index (κ1) is 20.3. The lowest BCUT2D eigenvalue weighted by Crippen LogP contribution is -2.52. The zero-order valence-corrected chi connectivity index (χ0v) is 15.9. The molecule has 1 aliphatic heterocycles. The third-order valence-electron chi connectivity index (χ3n) is 4.50. The summed E-state index contributed by atoms with van der Waals surface area (Å²) < 4.78 is 15.2. The maximum atomic E-state index is 13.7. The molecule has 6 heteroatoms. The van der Waals surface area contributed by atoms with E-state index in [-0.39, 0.29) is 17.5 Å². The molecule has 1 aromatic heterocycles. The number of amides is 1. The van der Waals surface area contributed by atoms with Crippen molar-refractivity contribution in [1.29, 1.82) is 0 Å². The minimum absolute atomic E-state index is 0.0900. The molecule has 0 radical (unpaired) electrons. The third kappa shape index (κ3) is 3.89. The molecular weight excluding hydrogens is 345 g/mol. The Labute approximate surface area is 158 Å². The van der Waals surface area contributed by atoms with Gasteiger partial charge in [-0.2, -0.15) is 0 Å². The summed E-state index contributed by atoms with van der Waals surface area (Å²) in [6, 6.07) is 4.95. The van der Waals surface area contributed by atoms with Gasteiger partial charge in [0.05, 0.1) is 23.3 Å². The van der Waals surface area contributed by atoms with Gasteiger partial charge in [-0.15, -0.1) is 0 Å². The van der Waals surface area contributed by atoms with Gasteiger partial charge < -0.3 is 4.90 Å². The first-order chi connectivity index (χ1) is 13.0. The van der Waals surface area contributed by atoms with Crippen molar-refractivity contribution >= 4 is 22.4 Å². The van der Waals surface area contributed by atoms with Crippen LogP contribution in [0.1, 0.15) is 32.4 Å². The van der Waals surface area contributed by atoms with Gasteiger partial charge in [0.15, 0.2) is 0 Å². The highest BCUT2D eigenvalue weighted by molar-refractivity contribution is 5.87. The van der Waals surface area contributed by atoms with E-state index in [1.54, 1.807) is 34.6 Å². The molecule has 2 aromatic rings. The molecule has 27 heavy (non-hydrogen) atoms. The lowest BCUT2D eigenvalue weighted by molar-refractivity contribution is -0.131. The van der Waals surface area contributed by atoms with Crippen LogP contribution in [0.2, 0.25) is 0 Å². The van der Waals surface area contributed by atoms with Gasteiger partial charge in [0.25, 0.3) is 5.56 Å². The van der Waals surface area contributed by atoms with E-state index < -0.39 is 5.83 Å². The number of hydrogen-bond acceptors (Lipinski definition) is 3. The Bertz CT molecular complexity index is 969. The Hall–Kier alpha value is -3.02. The van der Waals surface area contributed by atoms with Crippen molar-refractivity contribution in [3.63, 3.8) is 0 Å². The van der Waals surface area contributed by atoms with E-state index in [0.29, 0.717) is 35.1 Å². The molecule has 5 nitrogen and oxygen atoms in total. The van der Waals surface area contributed by atoms with Gasteiger partial charge in [-0.1, -0.05) is 33.1 Å². The molecule has 1 fully saturated rings. The third-order valence-corrected chi connectivity index (χ3v) is 4.50. The van der Waals surface area contributed by atoms with E-state index in [4.69, 9.17) is 0 Å². The number of likely N-dealkylation sites (tertiary alicyclic amines) is 1. The molecule has 0 atom stereocenters. The number of carbonyl (C=O) groups is 1. The molecule has 0 spiro atoms. The van der Waals surface area contributed by atoms with Crippen LogP contribution < -0.4 is 5.56 Å². The monoisotopic (exact) mass is 369 g/mol. The van der Waals surface area contributed by atoms with E-state index in [0.717, 1.165) is 6.08 Å². The standard InChI is InChI=1S/C19H18FN3O2.C2H6/c1-4-16(20)12(3)13-6-7-15-17(8-13)21-11-23(19(15)25)14-9-22(10-14)18(24)5-2;1-2/h4-8,11,14H,1-2,9-10H2,3H3;1-2H3/b16-12-;. The van der Waals surface area contributed by atoms with Crippen molar-refractivity contribution in [3.8, 4) is 0 Å². The first-order valence-corrected chi connectivity index (χ1v) is 8.87. The van der Waals surface area contributed by atoms with Crippen LogP contribution in [-0.2, 0) is 4.79 Å². The fraction of sp³-hybridized carbons (Fsp3) is 0.286. The lowest BCUT2D eigenvalue weighted by Gasteiger charge is -2.39. The number of allylic oxidation sites excluding steroid dienone is 3. The Kier molecular flexibility index (Phi) is 6.45. The molecule has 0 aliphatic carbocycles. The van der Waals surface area contributed by atoms with Gasteiger partial charge in [-0.3, -0.25) is 14.2 Å². The molecule has 1 amide bonds. The number of rotatable bonds is 4. The number of benzene rings is 1. The smallest absolute Gasteiger partial charge is 0.261 e. The average molecular weight is 369 g/mol. The first-order valence-electron chi connectivity index (χ1n) is 8.87. The quantitative estimate of drug-likeness (QED) is 0.607. The predicted molar refractivity (Wildman–Crippen MR) is 107 cm³/mol. The number of nitrogens with zero attached hydrogens (tertiary/aromatic N) is 3. The van der Waals surface area contributed by atoms with Crippen LogP contribution in [0.25, 0.3) is 16.5 Å². The minimum atomic E-state index is -0.408. The number of carbonyl (C=O) groups excluding carboxylic acids is 1. The van der Waals surface area contributed by atoms with Crippen molar-refractivity contribution in [2.75, 3.05) is 13.1 Å². The molecule has 2 heterocycles. The molecule has 142 valence electrons. The van der Waals surface area contributed by atoms with Crippen LogP contribution >= 0.6 is 0 Å². The number of fused-ring (bicyclic) bond motifs is 1. The van der Waals surface area contributed by atoms with Crippen molar-refractivity contribution in [2.24, 2.45) is 0 Å². The molecule has 3 rings (SSSR count). The van der Waals surface area contributed by atoms with E-state index in [1.807, 2.05) is 13.8 Å². The Morgan fingerprint density at radius 2 is 1.93 bits per heavy atom. The van der Waals surface area contributed by atoms with Crippen molar-refractivity contribution in [1.82, 2.24) is 14.5 Å². The Balaban J connectivity index is 0.00000126. The average Bonchev–Trinajstić information content (AvgIpc) is 2.68. The van der Waals surface area contributed by atoms with Crippen molar-refractivity contribution in [2.45, 2.75) is 26.8 Å². The number of aromatic nitrogens is 2. The second-order valence-corrected chi connectivity index (χ2v) is 5.97. The molecule has 1 aromatic carbocycles. The fourth-order valence-electron chi connectivity index (χ4n) is 2.86. The fourth-order valence-corrected chi connectivity index (χ4v) is 2.86. The van der Waals surface area contributed by atoms with Gasteiger partial charge in [0.1, 0.15) is 5.83 Å². The summed E-state index contributed by atoms with van der Waals surface area (Å²) in [5, 5.41) is 0.464. The molecule has 0 saturated carbocycles. The summed E-state index contributed by atoms with van der Waals surface area (Å²) >= 11 is 0. The van der Waals surface area contributed by atoms with Crippen LogP contribution in [0.3, 0.4) is 0 Å². The summed E-state index contributed by atoms with van der Waals surface area (Å²) in [6.07, 6.45) is 3.90. The Morgan fingerprint density at radius 1 is 1.26 bits per heavy atom. The van der Waals surface area contributed by atoms with Crippen LogP contribution in [0, 0.1) is 0 Å². The maximum absolute atomic E-state index is 13.7. The largest absolute Gasteiger partial charge is 0.335 e. The normalized spacial score (nSPS) is 14.6. The zero-order chi connectivity index (χ0) is 20.1. The maximum Gasteiger partial charge on any atom is 0.261 e. The summed E-state index contributed by atoms with van der Waals surface area (Å²) in [4.78, 5) is 30.1. The summed E-state index contributed by atoms with van der Waals surface area (Å²) in [6.45, 7) is 13.4. The summed E-state index contributed by atoms with van der Waals surface area (Å²) in [5.41, 5.74) is 1.44. The highest BCUT2D eigenvalue weighted by atomic mass is 19.1. The summed E-state index contributed by atoms with van der Waals surface area (Å²) in [5.74, 6) is -0.552. The highest BCUT2D eigenvalue weighted by Crippen LogP contribution is 2.24. The van der Waals surface area contributed by atoms with Gasteiger partial charge in [-0.25, -0.2) is 9.37 Å². The number of halogens is 1. The molecule has 1 aliphatic rings. The van der Waals surface area contributed by atoms with Gasteiger partial charge >= 0.3 is 0 Å². The molecule has 0 bridgehead atoms. The van der Waals surface area contributed by atoms with Crippen LogP contribution in [0.5, 0.6) is 0 Å². The van der Waals surface area contributed by atoms with Crippen molar-refractivity contribution < 1.29 is 9.18 Å². The minimum Gasteiger partial charge on any atom is -0.335 e. The van der Waals surface area contributed by atoms with E-state index >= 15 is 0 Å². The topological polar surface area (TPSA) is 55.2 Å². The van der Waals surface area contributed by atoms with Crippen molar-refractivity contribution in [3.05, 3.63) is 71.6 Å². The number of hydrogen-bond donors (Lipinski definition) is 0. The van der Waals surface area contributed by atoms with E-state index in [9.17, 15) is 14.0 Å². The lowest BCUT2D eigenvalue weighted by atomic mass is 10.0. The SMILES string of the molecule is C=CC(=O)N1CC(n2cnc3cc(/C(C)=C(\F)C=C)ccc3c2=O)C1.CC. The van der Waals surface area contributed by atoms with E-state index in [1.165, 1.54) is 12.4 Å². The second kappa shape index (κ2) is 8.58. The van der Waals surface area contributed by atoms with Crippen LogP contribution in [-0.4, -0.2) is 33.4 Å². The Morgan fingerprint density at radius 3 is 2.52 bits per heavy atom. The molecule has 0 N–H and O–H groups in total. The van der Waals surface area contributed by atoms with Crippen LogP contribution in [0.15, 0.2) is 60.5 Å². The highest BCUT2D eigenvalue weighted by Gasteiger charge is 2.31.